The van der Waals surface area contributed by atoms with Crippen molar-refractivity contribution >= 4 is 8.32 Å². The summed E-state index contributed by atoms with van der Waals surface area (Å²) in [5.74, 6) is 3.12. The van der Waals surface area contributed by atoms with Crippen LogP contribution in [-0.2, 0) is 4.43 Å². The number of rotatable bonds is 2. The zero-order valence-electron chi connectivity index (χ0n) is 8.97. The maximum absolute atomic E-state index is 6.06. The molecule has 1 nitrogen and oxygen atoms in total. The molecule has 0 aromatic heterocycles. The van der Waals surface area contributed by atoms with Gasteiger partial charge in [0, 0.05) is 6.42 Å². The van der Waals surface area contributed by atoms with Crippen molar-refractivity contribution in [2.75, 3.05) is 0 Å². The van der Waals surface area contributed by atoms with E-state index in [1.807, 2.05) is 0 Å². The molecule has 1 saturated carbocycles. The monoisotopic (exact) mass is 196 g/mol. The van der Waals surface area contributed by atoms with Crippen molar-refractivity contribution in [3.05, 3.63) is 11.8 Å². The van der Waals surface area contributed by atoms with Crippen LogP contribution in [0, 0.1) is 11.8 Å². The highest BCUT2D eigenvalue weighted by atomic mass is 28.4. The SMILES string of the molecule is C[Si](C)(C)OC1=C[C@H]2CC[C@@H](C1)C2. The van der Waals surface area contributed by atoms with Gasteiger partial charge in [-0.2, -0.15) is 0 Å². The molecule has 0 amide bonds. The summed E-state index contributed by atoms with van der Waals surface area (Å²) in [5.41, 5.74) is 0. The minimum Gasteiger partial charge on any atom is -0.548 e. The minimum absolute atomic E-state index is 0.852. The molecule has 2 aliphatic rings. The lowest BCUT2D eigenvalue weighted by Crippen LogP contribution is -2.26. The van der Waals surface area contributed by atoms with Gasteiger partial charge in [0.05, 0.1) is 5.76 Å². The lowest BCUT2D eigenvalue weighted by molar-refractivity contribution is 0.340. The second kappa shape index (κ2) is 3.16. The maximum atomic E-state index is 6.06. The predicted octanol–water partition coefficient (Wildman–Crippen LogP) is 3.54. The van der Waals surface area contributed by atoms with Crippen molar-refractivity contribution in [3.63, 3.8) is 0 Å². The number of hydrogen-bond donors (Lipinski definition) is 0. The lowest BCUT2D eigenvalue weighted by Gasteiger charge is -2.26. The van der Waals surface area contributed by atoms with Crippen molar-refractivity contribution in [2.24, 2.45) is 11.8 Å². The van der Waals surface area contributed by atoms with E-state index in [0.717, 1.165) is 11.8 Å². The van der Waals surface area contributed by atoms with E-state index in [1.54, 1.807) is 0 Å². The van der Waals surface area contributed by atoms with E-state index in [0.29, 0.717) is 0 Å². The Morgan fingerprint density at radius 1 is 1.31 bits per heavy atom. The van der Waals surface area contributed by atoms with Gasteiger partial charge in [-0.15, -0.1) is 0 Å². The van der Waals surface area contributed by atoms with Crippen molar-refractivity contribution < 1.29 is 4.43 Å². The molecular formula is C11H20OSi. The molecule has 2 bridgehead atoms. The van der Waals surface area contributed by atoms with Crippen molar-refractivity contribution in [1.82, 2.24) is 0 Å². The van der Waals surface area contributed by atoms with Gasteiger partial charge in [-0.3, -0.25) is 0 Å². The van der Waals surface area contributed by atoms with E-state index in [-0.39, 0.29) is 0 Å². The molecule has 1 fully saturated rings. The first-order valence-electron chi connectivity index (χ1n) is 5.43. The Morgan fingerprint density at radius 2 is 2.08 bits per heavy atom. The van der Waals surface area contributed by atoms with Gasteiger partial charge in [-0.05, 0) is 56.8 Å². The Morgan fingerprint density at radius 3 is 2.69 bits per heavy atom. The molecule has 0 aromatic rings. The van der Waals surface area contributed by atoms with Gasteiger partial charge < -0.3 is 4.43 Å². The molecule has 0 saturated heterocycles. The highest BCUT2D eigenvalue weighted by Crippen LogP contribution is 2.41. The van der Waals surface area contributed by atoms with Gasteiger partial charge in [-0.25, -0.2) is 0 Å². The molecule has 0 spiro atoms. The third kappa shape index (κ3) is 2.36. The molecule has 2 rings (SSSR count). The van der Waals surface area contributed by atoms with E-state index < -0.39 is 8.32 Å². The van der Waals surface area contributed by atoms with Gasteiger partial charge in [0.1, 0.15) is 0 Å². The minimum atomic E-state index is -1.34. The fourth-order valence-corrected chi connectivity index (χ4v) is 3.47. The van der Waals surface area contributed by atoms with Gasteiger partial charge in [-0.1, -0.05) is 0 Å². The van der Waals surface area contributed by atoms with Crippen molar-refractivity contribution in [1.29, 1.82) is 0 Å². The van der Waals surface area contributed by atoms with Crippen molar-refractivity contribution in [2.45, 2.75) is 45.3 Å². The second-order valence-corrected chi connectivity index (χ2v) is 9.92. The average molecular weight is 196 g/mol. The summed E-state index contributed by atoms with van der Waals surface area (Å²) >= 11 is 0. The van der Waals surface area contributed by atoms with Crippen LogP contribution in [0.2, 0.25) is 19.6 Å². The topological polar surface area (TPSA) is 9.23 Å². The number of fused-ring (bicyclic) bond motifs is 2. The summed E-state index contributed by atoms with van der Waals surface area (Å²) in [6.07, 6.45) is 7.89. The Hall–Kier alpha value is -0.243. The summed E-state index contributed by atoms with van der Waals surface area (Å²) in [4.78, 5) is 0. The normalized spacial score (nSPS) is 33.0. The fraction of sp³-hybridized carbons (Fsp3) is 0.818. The summed E-state index contributed by atoms with van der Waals surface area (Å²) in [5, 5.41) is 0. The maximum Gasteiger partial charge on any atom is 0.241 e. The third-order valence-electron chi connectivity index (χ3n) is 2.93. The van der Waals surface area contributed by atoms with Crippen LogP contribution in [0.5, 0.6) is 0 Å². The fourth-order valence-electron chi connectivity index (χ4n) is 2.53. The predicted molar refractivity (Wildman–Crippen MR) is 58.0 cm³/mol. The van der Waals surface area contributed by atoms with E-state index in [4.69, 9.17) is 4.43 Å². The van der Waals surface area contributed by atoms with Crippen LogP contribution in [0.4, 0.5) is 0 Å². The van der Waals surface area contributed by atoms with Crippen LogP contribution in [0.3, 0.4) is 0 Å². The Balaban J connectivity index is 2.01. The van der Waals surface area contributed by atoms with E-state index in [9.17, 15) is 0 Å². The molecule has 2 heteroatoms. The molecule has 0 radical (unpaired) electrons. The Bertz CT molecular complexity index is 227. The highest BCUT2D eigenvalue weighted by Gasteiger charge is 2.31. The first-order valence-corrected chi connectivity index (χ1v) is 8.83. The molecule has 13 heavy (non-hydrogen) atoms. The molecule has 0 N–H and O–H groups in total. The second-order valence-electron chi connectivity index (χ2n) is 5.49. The van der Waals surface area contributed by atoms with Crippen LogP contribution >= 0.6 is 0 Å². The smallest absolute Gasteiger partial charge is 0.241 e. The van der Waals surface area contributed by atoms with Gasteiger partial charge >= 0.3 is 0 Å². The van der Waals surface area contributed by atoms with Gasteiger partial charge in [0.15, 0.2) is 0 Å². The quantitative estimate of drug-likeness (QED) is 0.614. The first-order chi connectivity index (χ1) is 6.03. The molecular weight excluding hydrogens is 176 g/mol. The summed E-state index contributed by atoms with van der Waals surface area (Å²) in [7, 11) is -1.34. The number of hydrogen-bond acceptors (Lipinski definition) is 1. The standard InChI is InChI=1S/C11H20OSi/c1-13(2,3)12-11-7-9-4-5-10(6-9)8-11/h7,9-10H,4-6,8H2,1-3H3/t9-,10+/m0/s1. The zero-order valence-corrected chi connectivity index (χ0v) is 9.97. The molecule has 74 valence electrons. The van der Waals surface area contributed by atoms with Crippen LogP contribution in [0.1, 0.15) is 25.7 Å². The lowest BCUT2D eigenvalue weighted by atomic mass is 9.94. The Kier molecular flexibility index (Phi) is 2.26. The Labute approximate surface area is 82.3 Å². The van der Waals surface area contributed by atoms with Crippen LogP contribution in [0.15, 0.2) is 11.8 Å². The van der Waals surface area contributed by atoms with Crippen LogP contribution < -0.4 is 0 Å². The van der Waals surface area contributed by atoms with E-state index in [1.165, 1.54) is 31.4 Å². The summed E-state index contributed by atoms with van der Waals surface area (Å²) in [6.45, 7) is 6.80. The molecule has 0 unspecified atom stereocenters. The largest absolute Gasteiger partial charge is 0.548 e. The average Bonchev–Trinajstić information content (AvgIpc) is 2.27. The molecule has 0 heterocycles. The molecule has 2 aliphatic carbocycles. The van der Waals surface area contributed by atoms with Crippen LogP contribution in [0.25, 0.3) is 0 Å². The highest BCUT2D eigenvalue weighted by molar-refractivity contribution is 6.70. The molecule has 2 atom stereocenters. The number of allylic oxidation sites excluding steroid dienone is 2. The molecule has 0 aliphatic heterocycles. The summed E-state index contributed by atoms with van der Waals surface area (Å²) < 4.78 is 6.06. The van der Waals surface area contributed by atoms with E-state index in [2.05, 4.69) is 25.7 Å². The first kappa shape index (κ1) is 9.32. The zero-order chi connectivity index (χ0) is 9.47. The van der Waals surface area contributed by atoms with Crippen molar-refractivity contribution in [3.8, 4) is 0 Å². The molecule has 0 aromatic carbocycles. The van der Waals surface area contributed by atoms with Gasteiger partial charge in [0.25, 0.3) is 0 Å². The van der Waals surface area contributed by atoms with E-state index >= 15 is 0 Å². The summed E-state index contributed by atoms with van der Waals surface area (Å²) in [6, 6.07) is 0. The van der Waals surface area contributed by atoms with Crippen LogP contribution in [-0.4, -0.2) is 8.32 Å². The third-order valence-corrected chi connectivity index (χ3v) is 3.81. The van der Waals surface area contributed by atoms with Gasteiger partial charge in [0.2, 0.25) is 8.32 Å².